The van der Waals surface area contributed by atoms with Crippen molar-refractivity contribution in [2.45, 2.75) is 49.6 Å². The van der Waals surface area contributed by atoms with E-state index in [-0.39, 0.29) is 21.6 Å². The number of rotatable bonds is 12. The highest BCUT2D eigenvalue weighted by Gasteiger charge is 2.30. The van der Waals surface area contributed by atoms with E-state index in [0.717, 1.165) is 57.5 Å². The molecule has 66 heavy (non-hydrogen) atoms. The molecule has 0 atom stereocenters. The number of aromatic nitrogens is 3. The van der Waals surface area contributed by atoms with Gasteiger partial charge in [-0.3, -0.25) is 9.62 Å². The second-order valence-electron chi connectivity index (χ2n) is 14.4. The van der Waals surface area contributed by atoms with Crippen LogP contribution in [0.1, 0.15) is 37.3 Å². The molecule has 2 aromatic heterocycles. The van der Waals surface area contributed by atoms with Crippen molar-refractivity contribution in [3.05, 3.63) is 102 Å². The molecule has 1 aliphatic carbocycles. The average Bonchev–Trinajstić information content (AvgIpc) is 3.64. The summed E-state index contributed by atoms with van der Waals surface area (Å²) in [5.74, 6) is -7.94. The van der Waals surface area contributed by atoms with Gasteiger partial charge in [0.15, 0.2) is 0 Å². The fourth-order valence-electron chi connectivity index (χ4n) is 6.84. The number of carbonyl (C=O) groups is 6. The highest BCUT2D eigenvalue weighted by atomic mass is 35.5. The van der Waals surface area contributed by atoms with Crippen LogP contribution >= 0.6 is 11.6 Å². The summed E-state index contributed by atoms with van der Waals surface area (Å²) in [6.45, 7) is 6.08. The Morgan fingerprint density at radius 1 is 0.758 bits per heavy atom. The Morgan fingerprint density at radius 2 is 1.24 bits per heavy atom. The molecule has 2 aliphatic rings. The molecule has 0 radical (unpaired) electrons. The Kier molecular flexibility index (Phi) is 19.9. The van der Waals surface area contributed by atoms with Crippen molar-refractivity contribution in [1.29, 1.82) is 0 Å². The van der Waals surface area contributed by atoms with E-state index in [4.69, 9.17) is 48.0 Å². The minimum atomic E-state index is -4.11. The molecule has 24 heteroatoms. The largest absolute Gasteiger partial charge is 0.478 e. The van der Waals surface area contributed by atoms with Gasteiger partial charge in [0.2, 0.25) is 0 Å². The Balaban J connectivity index is 0.000000394. The summed E-state index contributed by atoms with van der Waals surface area (Å²) in [5, 5.41) is 47.6. The number of likely N-dealkylation sites (N-methyl/N-ethyl adjacent to an activating group) is 1. The molecule has 0 unspecified atom stereocenters. The van der Waals surface area contributed by atoms with Crippen molar-refractivity contribution in [1.82, 2.24) is 24.3 Å². The van der Waals surface area contributed by atoms with Crippen LogP contribution in [0, 0.1) is 12.7 Å². The number of benzene rings is 2. The third-order valence-corrected chi connectivity index (χ3v) is 11.8. The van der Waals surface area contributed by atoms with E-state index in [0.29, 0.717) is 70.4 Å². The standard InChI is InChI=1S/C30H35ClFN7O2S.3C4H4O4/c1-19-4-3-5-24(31)28(19)42(40,41)36-26-11-6-20(16-25(26)32)23-17-39(30-27(23)29(33)34-18-35-30)22-9-7-21(8-10-22)38-14-12-37(2)13-15-38;3*5-3(6)1-2-4(7)8/h3-6,11,16-18,21-22,36H,7-10,12-15H2,1-2H3,(H2,33,34,35);3*1-2H,(H,5,6)(H,7,8)/b;3*2-1-. The lowest BCUT2D eigenvalue weighted by molar-refractivity contribution is -0.134. The summed E-state index contributed by atoms with van der Waals surface area (Å²) in [4.78, 5) is 71.0. The van der Waals surface area contributed by atoms with E-state index < -0.39 is 51.7 Å². The van der Waals surface area contributed by atoms with Crippen LogP contribution in [0.2, 0.25) is 5.02 Å². The number of halogens is 2. The van der Waals surface area contributed by atoms with Crippen LogP contribution in [0.5, 0.6) is 0 Å². The van der Waals surface area contributed by atoms with Crippen molar-refractivity contribution >= 4 is 80.0 Å². The highest BCUT2D eigenvalue weighted by molar-refractivity contribution is 7.92. The first-order valence-corrected chi connectivity index (χ1v) is 21.4. The summed E-state index contributed by atoms with van der Waals surface area (Å²) < 4.78 is 46.1. The maximum atomic E-state index is 15.5. The van der Waals surface area contributed by atoms with E-state index in [9.17, 15) is 37.2 Å². The Bertz CT molecular complexity index is 2470. The fraction of sp³-hybridized carbons (Fsp3) is 0.286. The lowest BCUT2D eigenvalue weighted by Crippen LogP contribution is -2.49. The van der Waals surface area contributed by atoms with Crippen LogP contribution in [-0.4, -0.2) is 138 Å². The van der Waals surface area contributed by atoms with Gasteiger partial charge in [-0.2, -0.15) is 0 Å². The number of fused-ring (bicyclic) bond motifs is 1. The number of nitrogen functional groups attached to an aromatic ring is 1. The second-order valence-corrected chi connectivity index (χ2v) is 16.5. The van der Waals surface area contributed by atoms with Crippen molar-refractivity contribution in [2.75, 3.05) is 43.7 Å². The molecule has 6 rings (SSSR count). The predicted octanol–water partition coefficient (Wildman–Crippen LogP) is 4.45. The van der Waals surface area contributed by atoms with Crippen LogP contribution in [0.25, 0.3) is 22.2 Å². The summed E-state index contributed by atoms with van der Waals surface area (Å²) in [6.07, 6.45) is 11.0. The molecule has 354 valence electrons. The molecule has 1 aliphatic heterocycles. The van der Waals surface area contributed by atoms with E-state index >= 15 is 4.39 Å². The molecule has 0 spiro atoms. The molecular formula is C42H47ClFN7O14S. The highest BCUT2D eigenvalue weighted by Crippen LogP contribution is 2.40. The number of nitrogens with one attached hydrogen (secondary N) is 1. The first-order valence-electron chi connectivity index (χ1n) is 19.5. The minimum Gasteiger partial charge on any atom is -0.478 e. The van der Waals surface area contributed by atoms with Gasteiger partial charge in [-0.05, 0) is 69.0 Å². The molecule has 4 aromatic rings. The topological polar surface area (TPSA) is 333 Å². The summed E-state index contributed by atoms with van der Waals surface area (Å²) >= 11 is 6.17. The summed E-state index contributed by atoms with van der Waals surface area (Å²) in [6, 6.07) is 10.0. The minimum absolute atomic E-state index is 0.0698. The number of aryl methyl sites for hydroxylation is 1. The first-order chi connectivity index (χ1) is 31.0. The lowest BCUT2D eigenvalue weighted by atomic mass is 9.89. The van der Waals surface area contributed by atoms with E-state index in [1.807, 2.05) is 6.20 Å². The van der Waals surface area contributed by atoms with Crippen molar-refractivity contribution in [2.24, 2.45) is 0 Å². The number of carboxylic acid groups (broad SMARTS) is 6. The number of hydrogen-bond donors (Lipinski definition) is 8. The number of sulfonamides is 1. The number of piperazine rings is 1. The molecule has 1 saturated carbocycles. The molecular weight excluding hydrogens is 913 g/mol. The Morgan fingerprint density at radius 3 is 1.70 bits per heavy atom. The first kappa shape index (κ1) is 53.1. The van der Waals surface area contributed by atoms with Gasteiger partial charge < -0.3 is 45.8 Å². The van der Waals surface area contributed by atoms with Gasteiger partial charge in [0.05, 0.1) is 16.1 Å². The molecule has 0 amide bonds. The molecule has 2 aromatic carbocycles. The molecule has 9 N–H and O–H groups in total. The zero-order valence-corrected chi connectivity index (χ0v) is 36.9. The van der Waals surface area contributed by atoms with Crippen LogP contribution in [0.4, 0.5) is 15.9 Å². The molecule has 1 saturated heterocycles. The second kappa shape index (κ2) is 24.7. The van der Waals surface area contributed by atoms with Gasteiger partial charge in [0, 0.05) is 86.5 Å². The number of anilines is 2. The quantitative estimate of drug-likeness (QED) is 0.0909. The average molecular weight is 960 g/mol. The third kappa shape index (κ3) is 16.4. The van der Waals surface area contributed by atoms with Crippen LogP contribution in [0.15, 0.2) is 90.3 Å². The van der Waals surface area contributed by atoms with Gasteiger partial charge in [-0.1, -0.05) is 29.8 Å². The number of hydrogen-bond acceptors (Lipinski definition) is 13. The third-order valence-electron chi connectivity index (χ3n) is 9.82. The van der Waals surface area contributed by atoms with E-state index in [1.54, 1.807) is 25.1 Å². The zero-order chi connectivity index (χ0) is 49.3. The molecule has 3 heterocycles. The number of carboxylic acids is 6. The summed E-state index contributed by atoms with van der Waals surface area (Å²) in [5.41, 5.74) is 8.62. The fourth-order valence-corrected chi connectivity index (χ4v) is 8.74. The van der Waals surface area contributed by atoms with E-state index in [1.165, 1.54) is 24.5 Å². The maximum Gasteiger partial charge on any atom is 0.328 e. The Labute approximate surface area is 381 Å². The SMILES string of the molecule is Cc1cccc(Cl)c1S(=O)(=O)Nc1ccc(-c2cn(C3CCC(N4CCN(C)CC4)CC3)c3ncnc(N)c23)cc1F.O=C(O)/C=C\C(=O)O.O=C(O)/C=C\C(=O)O.O=C(O)/C=C\C(=O)O. The number of nitrogens with two attached hydrogens (primary N) is 1. The smallest absolute Gasteiger partial charge is 0.328 e. The Hall–Kier alpha value is -7.21. The molecule has 0 bridgehead atoms. The van der Waals surface area contributed by atoms with Gasteiger partial charge in [-0.15, -0.1) is 0 Å². The zero-order valence-electron chi connectivity index (χ0n) is 35.3. The van der Waals surface area contributed by atoms with Crippen molar-refractivity contribution in [3.8, 4) is 11.1 Å². The number of aliphatic carboxylic acids is 6. The van der Waals surface area contributed by atoms with Gasteiger partial charge >= 0.3 is 35.8 Å². The number of nitrogens with zero attached hydrogens (tertiary/aromatic N) is 5. The molecule has 2 fully saturated rings. The van der Waals surface area contributed by atoms with Gasteiger partial charge in [-0.25, -0.2) is 51.5 Å². The normalized spacial score (nSPS) is 16.6. The van der Waals surface area contributed by atoms with Gasteiger partial charge in [0.1, 0.15) is 28.5 Å². The van der Waals surface area contributed by atoms with Crippen molar-refractivity contribution in [3.63, 3.8) is 0 Å². The van der Waals surface area contributed by atoms with Crippen LogP contribution in [0.3, 0.4) is 0 Å². The molecule has 21 nitrogen and oxygen atoms in total. The van der Waals surface area contributed by atoms with Crippen LogP contribution in [-0.2, 0) is 38.8 Å². The maximum absolute atomic E-state index is 15.5. The predicted molar refractivity (Wildman–Crippen MR) is 238 cm³/mol. The van der Waals surface area contributed by atoms with Crippen molar-refractivity contribution < 1.29 is 72.2 Å². The monoisotopic (exact) mass is 959 g/mol. The van der Waals surface area contributed by atoms with Crippen LogP contribution < -0.4 is 10.5 Å². The van der Waals surface area contributed by atoms with E-state index in [2.05, 4.69) is 36.1 Å². The summed E-state index contributed by atoms with van der Waals surface area (Å²) in [7, 11) is -1.94. The van der Waals surface area contributed by atoms with Gasteiger partial charge in [0.25, 0.3) is 10.0 Å². The lowest BCUT2D eigenvalue weighted by Gasteiger charge is -2.41.